The molecule has 1 heterocycles. The summed E-state index contributed by atoms with van der Waals surface area (Å²) in [5.74, 6) is 0.148. The van der Waals surface area contributed by atoms with Crippen molar-refractivity contribution in [2.24, 2.45) is 0 Å². The van der Waals surface area contributed by atoms with Crippen LogP contribution in [0, 0.1) is 0 Å². The molecule has 1 saturated heterocycles. The van der Waals surface area contributed by atoms with Gasteiger partial charge in [0.2, 0.25) is 5.91 Å². The van der Waals surface area contributed by atoms with Crippen LogP contribution in [0.1, 0.15) is 19.3 Å². The maximum Gasteiger partial charge on any atom is 0.221 e. The van der Waals surface area contributed by atoms with Crippen molar-refractivity contribution < 1.29 is 14.6 Å². The van der Waals surface area contributed by atoms with Crippen LogP contribution in [0.2, 0.25) is 0 Å². The first kappa shape index (κ1) is 11.8. The fraction of sp³-hybridized carbons (Fsp3) is 0.909. The fourth-order valence-electron chi connectivity index (χ4n) is 1.88. The second kappa shape index (κ2) is 5.61. The smallest absolute Gasteiger partial charge is 0.221 e. The van der Waals surface area contributed by atoms with Crippen molar-refractivity contribution in [3.8, 4) is 0 Å². The summed E-state index contributed by atoms with van der Waals surface area (Å²) in [7, 11) is 0. The van der Waals surface area contributed by atoms with Crippen molar-refractivity contribution in [3.05, 3.63) is 0 Å². The summed E-state index contributed by atoms with van der Waals surface area (Å²) in [5.41, 5.74) is 0. The minimum absolute atomic E-state index is 0.0603. The molecule has 2 fully saturated rings. The molecule has 0 aromatic heterocycles. The van der Waals surface area contributed by atoms with Crippen LogP contribution >= 0.6 is 0 Å². The van der Waals surface area contributed by atoms with Gasteiger partial charge in [0.25, 0.3) is 0 Å². The second-order valence-corrected chi connectivity index (χ2v) is 4.57. The zero-order valence-electron chi connectivity index (χ0n) is 9.52. The van der Waals surface area contributed by atoms with Gasteiger partial charge in [-0.2, -0.15) is 0 Å². The number of aliphatic hydroxyl groups is 1. The summed E-state index contributed by atoms with van der Waals surface area (Å²) in [6, 6.07) is 0.447. The fourth-order valence-corrected chi connectivity index (χ4v) is 1.88. The number of nitrogens with one attached hydrogen (secondary N) is 1. The number of amides is 1. The van der Waals surface area contributed by atoms with E-state index in [0.717, 1.165) is 32.5 Å². The van der Waals surface area contributed by atoms with E-state index >= 15 is 0 Å². The van der Waals surface area contributed by atoms with E-state index in [0.29, 0.717) is 19.1 Å². The third-order valence-electron chi connectivity index (χ3n) is 3.02. The largest absolute Gasteiger partial charge is 0.394 e. The van der Waals surface area contributed by atoms with Gasteiger partial charge in [-0.25, -0.2) is 0 Å². The lowest BCUT2D eigenvalue weighted by atomic mass is 10.2. The van der Waals surface area contributed by atoms with Gasteiger partial charge in [-0.15, -0.1) is 0 Å². The van der Waals surface area contributed by atoms with E-state index in [-0.39, 0.29) is 18.6 Å². The molecular formula is C11H20N2O3. The molecule has 1 atom stereocenters. The van der Waals surface area contributed by atoms with Crippen LogP contribution in [0.25, 0.3) is 0 Å². The van der Waals surface area contributed by atoms with Gasteiger partial charge < -0.3 is 15.2 Å². The molecule has 0 spiro atoms. The van der Waals surface area contributed by atoms with Gasteiger partial charge in [-0.05, 0) is 12.8 Å². The van der Waals surface area contributed by atoms with Crippen molar-refractivity contribution in [2.45, 2.75) is 31.4 Å². The number of aliphatic hydroxyl groups excluding tert-OH is 1. The number of carbonyl (C=O) groups excluding carboxylic acids is 1. The molecule has 1 aliphatic carbocycles. The Balaban J connectivity index is 1.62. The van der Waals surface area contributed by atoms with Crippen molar-refractivity contribution in [1.82, 2.24) is 10.2 Å². The zero-order chi connectivity index (χ0) is 11.4. The normalized spacial score (nSPS) is 26.7. The topological polar surface area (TPSA) is 61.8 Å². The molecule has 1 aliphatic heterocycles. The molecule has 1 saturated carbocycles. The van der Waals surface area contributed by atoms with Gasteiger partial charge in [-0.1, -0.05) is 0 Å². The SMILES string of the molecule is O=C(CCN1CCOC(CO)C1)NC1CC1. The van der Waals surface area contributed by atoms with Gasteiger partial charge in [0.15, 0.2) is 0 Å². The molecule has 1 unspecified atom stereocenters. The van der Waals surface area contributed by atoms with Crippen molar-refractivity contribution in [2.75, 3.05) is 32.8 Å². The summed E-state index contributed by atoms with van der Waals surface area (Å²) in [5, 5.41) is 12.0. The predicted molar refractivity (Wildman–Crippen MR) is 59.0 cm³/mol. The number of morpholine rings is 1. The van der Waals surface area contributed by atoms with Crippen molar-refractivity contribution in [1.29, 1.82) is 0 Å². The molecule has 5 nitrogen and oxygen atoms in total. The maximum absolute atomic E-state index is 11.5. The van der Waals surface area contributed by atoms with Crippen LogP contribution in [-0.4, -0.2) is 60.9 Å². The second-order valence-electron chi connectivity index (χ2n) is 4.57. The quantitative estimate of drug-likeness (QED) is 0.656. The molecule has 5 heteroatoms. The predicted octanol–water partition coefficient (Wildman–Crippen LogP) is -0.652. The van der Waals surface area contributed by atoms with E-state index in [4.69, 9.17) is 9.84 Å². The third-order valence-corrected chi connectivity index (χ3v) is 3.02. The van der Waals surface area contributed by atoms with Crippen LogP contribution < -0.4 is 5.32 Å². The number of hydrogen-bond acceptors (Lipinski definition) is 4. The van der Waals surface area contributed by atoms with Gasteiger partial charge in [0.1, 0.15) is 0 Å². The Morgan fingerprint density at radius 2 is 2.31 bits per heavy atom. The van der Waals surface area contributed by atoms with Gasteiger partial charge in [0, 0.05) is 32.1 Å². The Hall–Kier alpha value is -0.650. The van der Waals surface area contributed by atoms with Crippen LogP contribution in [0.3, 0.4) is 0 Å². The number of rotatable bonds is 5. The van der Waals surface area contributed by atoms with E-state index in [1.54, 1.807) is 0 Å². The minimum atomic E-state index is -0.0831. The van der Waals surface area contributed by atoms with E-state index in [1.807, 2.05) is 0 Å². The lowest BCUT2D eigenvalue weighted by molar-refractivity contribution is -0.122. The molecule has 0 aromatic carbocycles. The summed E-state index contributed by atoms with van der Waals surface area (Å²) in [6.45, 7) is 3.05. The van der Waals surface area contributed by atoms with Crippen LogP contribution in [0.15, 0.2) is 0 Å². The van der Waals surface area contributed by atoms with E-state index in [1.165, 1.54) is 0 Å². The first-order chi connectivity index (χ1) is 7.78. The average Bonchev–Trinajstić information content (AvgIpc) is 3.10. The molecule has 0 aromatic rings. The average molecular weight is 228 g/mol. The molecular weight excluding hydrogens is 208 g/mol. The molecule has 0 radical (unpaired) electrons. The minimum Gasteiger partial charge on any atom is -0.394 e. The molecule has 2 N–H and O–H groups in total. The van der Waals surface area contributed by atoms with Crippen molar-refractivity contribution >= 4 is 5.91 Å². The molecule has 2 rings (SSSR count). The highest BCUT2D eigenvalue weighted by Gasteiger charge is 2.24. The van der Waals surface area contributed by atoms with E-state index in [9.17, 15) is 4.79 Å². The Labute approximate surface area is 95.8 Å². The highest BCUT2D eigenvalue weighted by molar-refractivity contribution is 5.76. The highest BCUT2D eigenvalue weighted by atomic mass is 16.5. The maximum atomic E-state index is 11.5. The molecule has 92 valence electrons. The number of carbonyl (C=O) groups is 1. The summed E-state index contributed by atoms with van der Waals surface area (Å²) < 4.78 is 5.35. The van der Waals surface area contributed by atoms with E-state index < -0.39 is 0 Å². The summed E-state index contributed by atoms with van der Waals surface area (Å²) >= 11 is 0. The standard InChI is InChI=1S/C11H20N2O3/c14-8-10-7-13(5-6-16-10)4-3-11(15)12-9-1-2-9/h9-10,14H,1-8H2,(H,12,15). The molecule has 16 heavy (non-hydrogen) atoms. The Kier molecular flexibility index (Phi) is 4.15. The van der Waals surface area contributed by atoms with Gasteiger partial charge in [-0.3, -0.25) is 9.69 Å². The lowest BCUT2D eigenvalue weighted by Gasteiger charge is -2.31. The first-order valence-electron chi connectivity index (χ1n) is 6.02. The monoisotopic (exact) mass is 228 g/mol. The summed E-state index contributed by atoms with van der Waals surface area (Å²) in [6.07, 6.45) is 2.74. The Morgan fingerprint density at radius 1 is 1.50 bits per heavy atom. The lowest BCUT2D eigenvalue weighted by Crippen LogP contribution is -2.45. The molecule has 2 aliphatic rings. The van der Waals surface area contributed by atoms with Crippen LogP contribution in [-0.2, 0) is 9.53 Å². The molecule has 0 bridgehead atoms. The number of nitrogens with zero attached hydrogens (tertiary/aromatic N) is 1. The Bertz CT molecular complexity index is 243. The van der Waals surface area contributed by atoms with Gasteiger partial charge in [0.05, 0.1) is 19.3 Å². The Morgan fingerprint density at radius 3 is 3.00 bits per heavy atom. The van der Waals surface area contributed by atoms with Crippen molar-refractivity contribution in [3.63, 3.8) is 0 Å². The summed E-state index contributed by atoms with van der Waals surface area (Å²) in [4.78, 5) is 13.6. The van der Waals surface area contributed by atoms with Gasteiger partial charge >= 0.3 is 0 Å². The van der Waals surface area contributed by atoms with Crippen LogP contribution in [0.5, 0.6) is 0 Å². The van der Waals surface area contributed by atoms with E-state index in [2.05, 4.69) is 10.2 Å². The third kappa shape index (κ3) is 3.73. The highest BCUT2D eigenvalue weighted by Crippen LogP contribution is 2.18. The van der Waals surface area contributed by atoms with Crippen LogP contribution in [0.4, 0.5) is 0 Å². The zero-order valence-corrected chi connectivity index (χ0v) is 9.52. The number of hydrogen-bond donors (Lipinski definition) is 2. The molecule has 1 amide bonds. The first-order valence-corrected chi connectivity index (χ1v) is 6.02. The number of ether oxygens (including phenoxy) is 1.